The summed E-state index contributed by atoms with van der Waals surface area (Å²) in [6, 6.07) is 10.8. The van der Waals surface area contributed by atoms with Crippen molar-refractivity contribution in [3.63, 3.8) is 0 Å². The molecule has 2 heterocycles. The van der Waals surface area contributed by atoms with E-state index in [-0.39, 0.29) is 5.56 Å². The van der Waals surface area contributed by atoms with Gasteiger partial charge in [0.2, 0.25) is 0 Å². The molecule has 18 heavy (non-hydrogen) atoms. The molecule has 0 saturated carbocycles. The maximum Gasteiger partial charge on any atom is 0.336 e. The molecule has 3 rings (SSSR count). The molecule has 3 aromatic rings. The smallest absolute Gasteiger partial charge is 0.336 e. The van der Waals surface area contributed by atoms with Crippen molar-refractivity contribution >= 4 is 16.9 Å². The van der Waals surface area contributed by atoms with Crippen molar-refractivity contribution in [3.05, 3.63) is 54.4 Å². The van der Waals surface area contributed by atoms with Crippen LogP contribution in [0.4, 0.5) is 0 Å². The third-order valence-electron chi connectivity index (χ3n) is 2.87. The second-order valence-corrected chi connectivity index (χ2v) is 4.00. The van der Waals surface area contributed by atoms with Crippen molar-refractivity contribution in [1.29, 1.82) is 0 Å². The van der Waals surface area contributed by atoms with Gasteiger partial charge in [0.25, 0.3) is 0 Å². The lowest BCUT2D eigenvalue weighted by Gasteiger charge is -2.02. The van der Waals surface area contributed by atoms with Crippen LogP contribution in [-0.4, -0.2) is 21.0 Å². The van der Waals surface area contributed by atoms with Crippen LogP contribution in [0, 0.1) is 0 Å². The molecule has 0 atom stereocenters. The number of H-pyrrole nitrogens is 1. The van der Waals surface area contributed by atoms with Crippen LogP contribution in [0.2, 0.25) is 0 Å². The highest BCUT2D eigenvalue weighted by Crippen LogP contribution is 2.26. The number of hydrogen-bond donors (Lipinski definition) is 2. The van der Waals surface area contributed by atoms with Gasteiger partial charge in [-0.25, -0.2) is 4.79 Å². The Bertz CT molecular complexity index is 698. The maximum absolute atomic E-state index is 11.2. The normalized spacial score (nSPS) is 10.7. The SMILES string of the molecule is O=C(O)c1ccccc1-c1cc2ccncc2[nH]1. The molecule has 0 bridgehead atoms. The number of hydrogen-bond acceptors (Lipinski definition) is 2. The van der Waals surface area contributed by atoms with Crippen molar-refractivity contribution in [1.82, 2.24) is 9.97 Å². The summed E-state index contributed by atoms with van der Waals surface area (Å²) in [6.07, 6.45) is 3.44. The van der Waals surface area contributed by atoms with Gasteiger partial charge in [-0.2, -0.15) is 0 Å². The van der Waals surface area contributed by atoms with E-state index in [1.165, 1.54) is 0 Å². The van der Waals surface area contributed by atoms with Crippen LogP contribution < -0.4 is 0 Å². The third-order valence-corrected chi connectivity index (χ3v) is 2.87. The first-order chi connectivity index (χ1) is 8.75. The first-order valence-corrected chi connectivity index (χ1v) is 5.51. The monoisotopic (exact) mass is 238 g/mol. The lowest BCUT2D eigenvalue weighted by Crippen LogP contribution is -1.98. The van der Waals surface area contributed by atoms with Crippen molar-refractivity contribution in [2.45, 2.75) is 0 Å². The summed E-state index contributed by atoms with van der Waals surface area (Å²) >= 11 is 0. The van der Waals surface area contributed by atoms with Crippen molar-refractivity contribution in [2.24, 2.45) is 0 Å². The Hall–Kier alpha value is -2.62. The number of pyridine rings is 1. The Kier molecular flexibility index (Phi) is 2.34. The summed E-state index contributed by atoms with van der Waals surface area (Å²) < 4.78 is 0. The Morgan fingerprint density at radius 2 is 2.06 bits per heavy atom. The molecule has 4 heteroatoms. The van der Waals surface area contributed by atoms with Gasteiger partial charge in [0.1, 0.15) is 0 Å². The molecule has 4 nitrogen and oxygen atoms in total. The summed E-state index contributed by atoms with van der Waals surface area (Å²) in [7, 11) is 0. The lowest BCUT2D eigenvalue weighted by molar-refractivity contribution is 0.0697. The molecular formula is C14H10N2O2. The van der Waals surface area contributed by atoms with Crippen LogP contribution in [0.15, 0.2) is 48.8 Å². The predicted molar refractivity (Wildman–Crippen MR) is 68.5 cm³/mol. The summed E-state index contributed by atoms with van der Waals surface area (Å²) in [6.45, 7) is 0. The first kappa shape index (κ1) is 10.5. The molecule has 0 spiro atoms. The molecule has 2 N–H and O–H groups in total. The molecule has 1 aromatic carbocycles. The van der Waals surface area contributed by atoms with Crippen LogP contribution in [0.25, 0.3) is 22.2 Å². The van der Waals surface area contributed by atoms with Gasteiger partial charge in [-0.05, 0) is 18.2 Å². The van der Waals surface area contributed by atoms with Gasteiger partial charge in [-0.3, -0.25) is 4.98 Å². The zero-order valence-corrected chi connectivity index (χ0v) is 9.42. The first-order valence-electron chi connectivity index (χ1n) is 5.51. The fourth-order valence-electron chi connectivity index (χ4n) is 2.02. The van der Waals surface area contributed by atoms with E-state index in [0.717, 1.165) is 16.6 Å². The Morgan fingerprint density at radius 3 is 2.83 bits per heavy atom. The fourth-order valence-corrected chi connectivity index (χ4v) is 2.02. The number of benzene rings is 1. The van der Waals surface area contributed by atoms with Gasteiger partial charge in [-0.15, -0.1) is 0 Å². The Labute approximate surface area is 103 Å². The number of fused-ring (bicyclic) bond motifs is 1. The van der Waals surface area contributed by atoms with Crippen LogP contribution in [0.3, 0.4) is 0 Å². The van der Waals surface area contributed by atoms with Crippen LogP contribution in [0.1, 0.15) is 10.4 Å². The van der Waals surface area contributed by atoms with E-state index in [0.29, 0.717) is 5.56 Å². The molecule has 2 aromatic heterocycles. The average molecular weight is 238 g/mol. The summed E-state index contributed by atoms with van der Waals surface area (Å²) in [4.78, 5) is 18.4. The molecule has 0 aliphatic rings. The number of carboxylic acid groups (broad SMARTS) is 1. The number of nitrogens with zero attached hydrogens (tertiary/aromatic N) is 1. The highest BCUT2D eigenvalue weighted by Gasteiger charge is 2.12. The zero-order valence-electron chi connectivity index (χ0n) is 9.42. The minimum absolute atomic E-state index is 0.289. The van der Waals surface area contributed by atoms with E-state index in [1.807, 2.05) is 18.2 Å². The lowest BCUT2D eigenvalue weighted by atomic mass is 10.0. The minimum atomic E-state index is -0.928. The molecule has 0 aliphatic carbocycles. The second kappa shape index (κ2) is 4.00. The van der Waals surface area contributed by atoms with Crippen molar-refractivity contribution in [3.8, 4) is 11.3 Å². The third kappa shape index (κ3) is 1.64. The Balaban J connectivity index is 2.23. The number of nitrogens with one attached hydrogen (secondary N) is 1. The predicted octanol–water partition coefficient (Wildman–Crippen LogP) is 2.93. The number of aromatic nitrogens is 2. The molecular weight excluding hydrogens is 228 g/mol. The molecule has 0 unspecified atom stereocenters. The number of aromatic carboxylic acids is 1. The standard InChI is InChI=1S/C14H10N2O2/c17-14(18)11-4-2-1-3-10(11)12-7-9-5-6-15-8-13(9)16-12/h1-8,16H,(H,17,18). The minimum Gasteiger partial charge on any atom is -0.478 e. The number of carbonyl (C=O) groups is 1. The van der Waals surface area contributed by atoms with Crippen molar-refractivity contribution in [2.75, 3.05) is 0 Å². The molecule has 0 saturated heterocycles. The van der Waals surface area contributed by atoms with Crippen LogP contribution >= 0.6 is 0 Å². The average Bonchev–Trinajstić information content (AvgIpc) is 2.82. The highest BCUT2D eigenvalue weighted by molar-refractivity contribution is 5.97. The van der Waals surface area contributed by atoms with E-state index < -0.39 is 5.97 Å². The van der Waals surface area contributed by atoms with Crippen molar-refractivity contribution < 1.29 is 9.90 Å². The molecule has 0 aliphatic heterocycles. The zero-order chi connectivity index (χ0) is 12.5. The molecule has 0 amide bonds. The fraction of sp³-hybridized carbons (Fsp3) is 0. The second-order valence-electron chi connectivity index (χ2n) is 4.00. The van der Waals surface area contributed by atoms with E-state index in [1.54, 1.807) is 30.6 Å². The largest absolute Gasteiger partial charge is 0.478 e. The molecule has 0 radical (unpaired) electrons. The number of aromatic amines is 1. The highest BCUT2D eigenvalue weighted by atomic mass is 16.4. The van der Waals surface area contributed by atoms with E-state index in [2.05, 4.69) is 9.97 Å². The summed E-state index contributed by atoms with van der Waals surface area (Å²) in [5.74, 6) is -0.928. The summed E-state index contributed by atoms with van der Waals surface area (Å²) in [5, 5.41) is 10.2. The van der Waals surface area contributed by atoms with Gasteiger partial charge >= 0.3 is 5.97 Å². The van der Waals surface area contributed by atoms with E-state index in [9.17, 15) is 9.90 Å². The quantitative estimate of drug-likeness (QED) is 0.721. The topological polar surface area (TPSA) is 66.0 Å². The van der Waals surface area contributed by atoms with Crippen LogP contribution in [0.5, 0.6) is 0 Å². The van der Waals surface area contributed by atoms with E-state index in [4.69, 9.17) is 0 Å². The van der Waals surface area contributed by atoms with Gasteiger partial charge in [-0.1, -0.05) is 18.2 Å². The summed E-state index contributed by atoms with van der Waals surface area (Å²) in [5.41, 5.74) is 2.65. The van der Waals surface area contributed by atoms with Gasteiger partial charge in [0, 0.05) is 22.8 Å². The number of carboxylic acids is 1. The van der Waals surface area contributed by atoms with Gasteiger partial charge < -0.3 is 10.1 Å². The maximum atomic E-state index is 11.2. The Morgan fingerprint density at radius 1 is 1.22 bits per heavy atom. The van der Waals surface area contributed by atoms with Gasteiger partial charge in [0.05, 0.1) is 17.3 Å². The van der Waals surface area contributed by atoms with Gasteiger partial charge in [0.15, 0.2) is 0 Å². The van der Waals surface area contributed by atoms with E-state index >= 15 is 0 Å². The number of rotatable bonds is 2. The molecule has 0 fully saturated rings. The molecule has 88 valence electrons. The van der Waals surface area contributed by atoms with Crippen LogP contribution in [-0.2, 0) is 0 Å².